The van der Waals surface area contributed by atoms with Gasteiger partial charge in [-0.3, -0.25) is 4.79 Å². The zero-order valence-corrected chi connectivity index (χ0v) is 11.0. The number of halogens is 1. The van der Waals surface area contributed by atoms with E-state index in [9.17, 15) is 4.79 Å². The number of nitrogens with one attached hydrogen (secondary N) is 2. The maximum absolute atomic E-state index is 12.4. The molecule has 3 heterocycles. The van der Waals surface area contributed by atoms with Crippen molar-refractivity contribution >= 4 is 17.5 Å². The van der Waals surface area contributed by atoms with Gasteiger partial charge in [0.2, 0.25) is 0 Å². The fourth-order valence-corrected chi connectivity index (χ4v) is 3.31. The minimum Gasteiger partial charge on any atom is -0.356 e. The van der Waals surface area contributed by atoms with E-state index < -0.39 is 0 Å². The van der Waals surface area contributed by atoms with E-state index in [-0.39, 0.29) is 5.91 Å². The van der Waals surface area contributed by atoms with E-state index in [1.54, 1.807) is 12.3 Å². The van der Waals surface area contributed by atoms with Crippen LogP contribution >= 0.6 is 11.6 Å². The predicted octanol–water partition coefficient (Wildman–Crippen LogP) is 2.02. The van der Waals surface area contributed by atoms with E-state index in [1.807, 2.05) is 4.90 Å². The smallest absolute Gasteiger partial charge is 0.270 e. The van der Waals surface area contributed by atoms with Crippen molar-refractivity contribution in [2.75, 3.05) is 13.1 Å². The van der Waals surface area contributed by atoms with Gasteiger partial charge in [0, 0.05) is 24.8 Å². The lowest BCUT2D eigenvalue weighted by molar-refractivity contribution is 0.0706. The van der Waals surface area contributed by atoms with Crippen molar-refractivity contribution in [3.8, 4) is 0 Å². The van der Waals surface area contributed by atoms with Gasteiger partial charge in [0.15, 0.2) is 0 Å². The normalized spacial score (nSPS) is 27.9. The molecular formula is C13H18ClN3O. The molecule has 4 nitrogen and oxygen atoms in total. The Labute approximate surface area is 112 Å². The zero-order valence-electron chi connectivity index (χ0n) is 10.3. The van der Waals surface area contributed by atoms with Gasteiger partial charge < -0.3 is 15.2 Å². The van der Waals surface area contributed by atoms with Gasteiger partial charge in [-0.15, -0.1) is 0 Å². The molecule has 1 aromatic rings. The van der Waals surface area contributed by atoms with Crippen LogP contribution in [0.3, 0.4) is 0 Å². The lowest BCUT2D eigenvalue weighted by atomic mass is 10.0. The third-order valence-electron chi connectivity index (χ3n) is 4.00. The first-order chi connectivity index (χ1) is 8.75. The van der Waals surface area contributed by atoms with Crippen molar-refractivity contribution in [1.82, 2.24) is 15.2 Å². The fraction of sp³-hybridized carbons (Fsp3) is 0.615. The van der Waals surface area contributed by atoms with Crippen LogP contribution in [0.1, 0.15) is 36.2 Å². The Morgan fingerprint density at radius 3 is 2.94 bits per heavy atom. The second kappa shape index (κ2) is 4.94. The summed E-state index contributed by atoms with van der Waals surface area (Å²) in [5.41, 5.74) is 0.602. The number of carbonyl (C=O) groups excluding carboxylic acids is 1. The lowest BCUT2D eigenvalue weighted by Crippen LogP contribution is -2.46. The number of hydrogen-bond donors (Lipinski definition) is 2. The monoisotopic (exact) mass is 267 g/mol. The van der Waals surface area contributed by atoms with E-state index in [2.05, 4.69) is 10.3 Å². The molecule has 2 aliphatic heterocycles. The molecule has 18 heavy (non-hydrogen) atoms. The first-order valence-electron chi connectivity index (χ1n) is 6.64. The van der Waals surface area contributed by atoms with Gasteiger partial charge >= 0.3 is 0 Å². The average Bonchev–Trinajstić information content (AvgIpc) is 3.08. The number of aromatic amines is 1. The Kier molecular flexibility index (Phi) is 3.31. The number of rotatable bonds is 2. The van der Waals surface area contributed by atoms with Crippen LogP contribution in [-0.2, 0) is 0 Å². The Morgan fingerprint density at radius 1 is 1.39 bits per heavy atom. The van der Waals surface area contributed by atoms with Gasteiger partial charge in [0.05, 0.1) is 5.02 Å². The zero-order chi connectivity index (χ0) is 12.5. The Morgan fingerprint density at radius 2 is 2.28 bits per heavy atom. The summed E-state index contributed by atoms with van der Waals surface area (Å²) in [7, 11) is 0. The molecule has 3 rings (SSSR count). The molecule has 0 aliphatic carbocycles. The Balaban J connectivity index is 1.75. The van der Waals surface area contributed by atoms with E-state index in [0.717, 1.165) is 25.9 Å². The van der Waals surface area contributed by atoms with Gasteiger partial charge in [0.1, 0.15) is 5.69 Å². The molecule has 98 valence electrons. The Bertz CT molecular complexity index is 439. The average molecular weight is 268 g/mol. The number of likely N-dealkylation sites (tertiary alicyclic amines) is 1. The lowest BCUT2D eigenvalue weighted by Gasteiger charge is -2.29. The van der Waals surface area contributed by atoms with Crippen molar-refractivity contribution in [1.29, 1.82) is 0 Å². The highest BCUT2D eigenvalue weighted by Gasteiger charge is 2.36. The molecule has 0 saturated carbocycles. The van der Waals surface area contributed by atoms with Gasteiger partial charge in [-0.1, -0.05) is 11.6 Å². The molecule has 2 aliphatic rings. The van der Waals surface area contributed by atoms with Crippen molar-refractivity contribution in [3.05, 3.63) is 23.0 Å². The van der Waals surface area contributed by atoms with Crippen LogP contribution in [0.15, 0.2) is 12.3 Å². The minimum atomic E-state index is 0.0816. The topological polar surface area (TPSA) is 48.1 Å². The molecule has 0 bridgehead atoms. The van der Waals surface area contributed by atoms with Gasteiger partial charge in [-0.25, -0.2) is 0 Å². The molecule has 2 saturated heterocycles. The summed E-state index contributed by atoms with van der Waals surface area (Å²) >= 11 is 5.86. The molecule has 5 heteroatoms. The Hall–Kier alpha value is -1.00. The third kappa shape index (κ3) is 2.15. The van der Waals surface area contributed by atoms with Crippen molar-refractivity contribution < 1.29 is 4.79 Å². The minimum absolute atomic E-state index is 0.0816. The van der Waals surface area contributed by atoms with Crippen molar-refractivity contribution in [2.45, 2.75) is 37.8 Å². The summed E-state index contributed by atoms with van der Waals surface area (Å²) < 4.78 is 0. The number of aromatic nitrogens is 1. The molecule has 2 fully saturated rings. The summed E-state index contributed by atoms with van der Waals surface area (Å²) in [6.07, 6.45) is 6.27. The van der Waals surface area contributed by atoms with E-state index >= 15 is 0 Å². The maximum atomic E-state index is 12.4. The molecule has 0 radical (unpaired) electrons. The highest BCUT2D eigenvalue weighted by atomic mass is 35.5. The molecular weight excluding hydrogens is 250 g/mol. The van der Waals surface area contributed by atoms with Crippen LogP contribution in [-0.4, -0.2) is 41.0 Å². The third-order valence-corrected chi connectivity index (χ3v) is 4.22. The second-order valence-corrected chi connectivity index (χ2v) is 5.58. The molecule has 2 atom stereocenters. The summed E-state index contributed by atoms with van der Waals surface area (Å²) in [6.45, 7) is 1.94. The SMILES string of the molecule is O=C(c1cc(Cl)c[nH]1)N1CCCC1C1CCCN1. The summed E-state index contributed by atoms with van der Waals surface area (Å²) in [5, 5.41) is 4.10. The van der Waals surface area contributed by atoms with Gasteiger partial charge in [-0.2, -0.15) is 0 Å². The second-order valence-electron chi connectivity index (χ2n) is 5.14. The van der Waals surface area contributed by atoms with Crippen LogP contribution in [0.2, 0.25) is 5.02 Å². The maximum Gasteiger partial charge on any atom is 0.270 e. The number of H-pyrrole nitrogens is 1. The number of carbonyl (C=O) groups is 1. The van der Waals surface area contributed by atoms with Crippen LogP contribution in [0.5, 0.6) is 0 Å². The van der Waals surface area contributed by atoms with Crippen LogP contribution < -0.4 is 5.32 Å². The van der Waals surface area contributed by atoms with Crippen molar-refractivity contribution in [3.63, 3.8) is 0 Å². The highest BCUT2D eigenvalue weighted by Crippen LogP contribution is 2.26. The molecule has 0 spiro atoms. The van der Waals surface area contributed by atoms with E-state index in [1.165, 1.54) is 12.8 Å². The standard InChI is InChI=1S/C13H18ClN3O/c14-9-7-11(16-8-9)13(18)17-6-2-4-12(17)10-3-1-5-15-10/h7-8,10,12,15-16H,1-6H2. The van der Waals surface area contributed by atoms with Crippen LogP contribution in [0.4, 0.5) is 0 Å². The first-order valence-corrected chi connectivity index (χ1v) is 7.02. The van der Waals surface area contributed by atoms with Crippen LogP contribution in [0.25, 0.3) is 0 Å². The number of hydrogen-bond acceptors (Lipinski definition) is 2. The molecule has 1 amide bonds. The van der Waals surface area contributed by atoms with Gasteiger partial charge in [0.25, 0.3) is 5.91 Å². The highest BCUT2D eigenvalue weighted by molar-refractivity contribution is 6.30. The number of nitrogens with zero attached hydrogens (tertiary/aromatic N) is 1. The molecule has 2 unspecified atom stereocenters. The van der Waals surface area contributed by atoms with Crippen LogP contribution in [0, 0.1) is 0 Å². The summed E-state index contributed by atoms with van der Waals surface area (Å²) in [6, 6.07) is 2.53. The van der Waals surface area contributed by atoms with E-state index in [4.69, 9.17) is 11.6 Å². The molecule has 1 aromatic heterocycles. The van der Waals surface area contributed by atoms with Gasteiger partial charge in [-0.05, 0) is 38.3 Å². The largest absolute Gasteiger partial charge is 0.356 e. The molecule has 0 aromatic carbocycles. The van der Waals surface area contributed by atoms with Crippen molar-refractivity contribution in [2.24, 2.45) is 0 Å². The molecule has 2 N–H and O–H groups in total. The quantitative estimate of drug-likeness (QED) is 0.861. The summed E-state index contributed by atoms with van der Waals surface area (Å²) in [5.74, 6) is 0.0816. The predicted molar refractivity (Wildman–Crippen MR) is 70.9 cm³/mol. The summed E-state index contributed by atoms with van der Waals surface area (Å²) in [4.78, 5) is 17.4. The number of amides is 1. The first kappa shape index (κ1) is 12.1. The fourth-order valence-electron chi connectivity index (χ4n) is 3.15. The van der Waals surface area contributed by atoms with E-state index in [0.29, 0.717) is 22.8 Å².